The Morgan fingerprint density at radius 2 is 1.61 bits per heavy atom. The third-order valence-corrected chi connectivity index (χ3v) is 3.25. The summed E-state index contributed by atoms with van der Waals surface area (Å²) in [5, 5.41) is 2.07. The molecule has 0 bridgehead atoms. The van der Waals surface area contributed by atoms with Crippen molar-refractivity contribution in [1.29, 1.82) is 0 Å². The third kappa shape index (κ3) is 4.23. The van der Waals surface area contributed by atoms with Gasteiger partial charge in [-0.1, -0.05) is 0 Å². The Hall–Kier alpha value is -2.06. The van der Waals surface area contributed by atoms with Crippen molar-refractivity contribution in [3.63, 3.8) is 0 Å². The largest absolute Gasteiger partial charge is 0.497 e. The van der Waals surface area contributed by atoms with Crippen LogP contribution in [0.5, 0.6) is 5.75 Å². The second-order valence-corrected chi connectivity index (χ2v) is 4.78. The monoisotopic (exact) mass is 341 g/mol. The normalized spacial score (nSPS) is 14.8. The van der Waals surface area contributed by atoms with E-state index in [2.05, 4.69) is 10.1 Å². The van der Waals surface area contributed by atoms with Gasteiger partial charge in [0.25, 0.3) is 0 Å². The lowest BCUT2D eigenvalue weighted by atomic mass is 9.95. The van der Waals surface area contributed by atoms with E-state index in [-0.39, 0.29) is 5.69 Å². The third-order valence-electron chi connectivity index (χ3n) is 3.25. The Bertz CT molecular complexity index is 530. The zero-order chi connectivity index (χ0) is 17.8. The number of anilines is 1. The minimum absolute atomic E-state index is 0.0181. The van der Waals surface area contributed by atoms with Gasteiger partial charge in [-0.3, -0.25) is 4.79 Å². The Kier molecular flexibility index (Phi) is 5.79. The number of esters is 1. The van der Waals surface area contributed by atoms with Crippen molar-refractivity contribution in [3.8, 4) is 5.75 Å². The zero-order valence-corrected chi connectivity index (χ0v) is 12.6. The van der Waals surface area contributed by atoms with E-state index in [1.807, 2.05) is 0 Å². The summed E-state index contributed by atoms with van der Waals surface area (Å²) < 4.78 is 74.7. The number of halogens is 5. The molecule has 130 valence electrons. The average molecular weight is 341 g/mol. The van der Waals surface area contributed by atoms with Gasteiger partial charge in [0.1, 0.15) is 11.8 Å². The van der Waals surface area contributed by atoms with Gasteiger partial charge in [-0.15, -0.1) is 0 Å². The molecule has 0 saturated carbocycles. The molecule has 0 fully saturated rings. The summed E-state index contributed by atoms with van der Waals surface area (Å²) in [5.74, 6) is -7.66. The van der Waals surface area contributed by atoms with Gasteiger partial charge in [0.15, 0.2) is 0 Å². The lowest BCUT2D eigenvalue weighted by Gasteiger charge is -2.32. The maximum absolute atomic E-state index is 13.8. The topological polar surface area (TPSA) is 47.6 Å². The first-order chi connectivity index (χ1) is 10.5. The molecule has 23 heavy (non-hydrogen) atoms. The fraction of sp³-hybridized carbons (Fsp3) is 0.500. The van der Waals surface area contributed by atoms with Crippen LogP contribution in [0.4, 0.5) is 27.6 Å². The van der Waals surface area contributed by atoms with Crippen molar-refractivity contribution in [1.82, 2.24) is 0 Å². The number of carbonyl (C=O) groups is 1. The summed E-state index contributed by atoms with van der Waals surface area (Å²) in [6.07, 6.45) is -5.82. The predicted molar refractivity (Wildman–Crippen MR) is 72.6 cm³/mol. The molecule has 1 N–H and O–H groups in total. The number of ether oxygens (including phenoxy) is 2. The molecule has 0 unspecified atom stereocenters. The van der Waals surface area contributed by atoms with E-state index in [4.69, 9.17) is 4.74 Å². The first-order valence-corrected chi connectivity index (χ1v) is 6.47. The van der Waals surface area contributed by atoms with E-state index in [0.29, 0.717) is 5.75 Å². The molecule has 0 spiro atoms. The summed E-state index contributed by atoms with van der Waals surface area (Å²) in [5.41, 5.74) is -0.0181. The Labute approximate surface area is 129 Å². The molecule has 0 saturated heterocycles. The van der Waals surface area contributed by atoms with Crippen LogP contribution in [0.3, 0.4) is 0 Å². The second-order valence-electron chi connectivity index (χ2n) is 4.78. The molecule has 0 aliphatic rings. The van der Waals surface area contributed by atoms with Gasteiger partial charge in [0.2, 0.25) is 0 Å². The van der Waals surface area contributed by atoms with Gasteiger partial charge in [-0.2, -0.15) is 22.0 Å². The van der Waals surface area contributed by atoms with Crippen LogP contribution in [-0.2, 0) is 9.53 Å². The van der Waals surface area contributed by atoms with E-state index in [0.717, 1.165) is 14.0 Å². The van der Waals surface area contributed by atoms with Gasteiger partial charge in [-0.05, 0) is 31.2 Å². The molecule has 4 nitrogen and oxygen atoms in total. The molecule has 0 aliphatic carbocycles. The minimum Gasteiger partial charge on any atom is -0.497 e. The highest BCUT2D eigenvalue weighted by Crippen LogP contribution is 2.41. The summed E-state index contributed by atoms with van der Waals surface area (Å²) in [6, 6.07) is 2.77. The van der Waals surface area contributed by atoms with Crippen molar-refractivity contribution in [3.05, 3.63) is 24.3 Å². The number of methoxy groups -OCH3 is 2. The zero-order valence-electron chi connectivity index (χ0n) is 12.6. The number of hydrogen-bond donors (Lipinski definition) is 1. The fourth-order valence-corrected chi connectivity index (χ4v) is 1.89. The number of benzene rings is 1. The lowest BCUT2D eigenvalue weighted by Crippen LogP contribution is -2.55. The number of rotatable bonds is 6. The molecular formula is C14H16F5NO3. The van der Waals surface area contributed by atoms with E-state index in [1.165, 1.54) is 31.4 Å². The highest BCUT2D eigenvalue weighted by molar-refractivity contribution is 5.73. The second kappa shape index (κ2) is 7.01. The van der Waals surface area contributed by atoms with Gasteiger partial charge in [0, 0.05) is 5.69 Å². The predicted octanol–water partition coefficient (Wildman–Crippen LogP) is 3.48. The van der Waals surface area contributed by atoms with Crippen LogP contribution < -0.4 is 10.1 Å². The molecule has 1 aromatic carbocycles. The molecule has 0 aliphatic heterocycles. The Morgan fingerprint density at radius 1 is 1.09 bits per heavy atom. The first-order valence-electron chi connectivity index (χ1n) is 6.47. The van der Waals surface area contributed by atoms with Crippen LogP contribution in [0, 0.1) is 5.92 Å². The molecule has 0 radical (unpaired) electrons. The van der Waals surface area contributed by atoms with Gasteiger partial charge in [0.05, 0.1) is 20.1 Å². The minimum atomic E-state index is -5.82. The molecule has 2 atom stereocenters. The van der Waals surface area contributed by atoms with Crippen molar-refractivity contribution in [2.24, 2.45) is 5.92 Å². The molecule has 0 aromatic heterocycles. The maximum atomic E-state index is 13.8. The molecule has 1 aromatic rings. The maximum Gasteiger partial charge on any atom is 0.455 e. The smallest absolute Gasteiger partial charge is 0.455 e. The van der Waals surface area contributed by atoms with Crippen molar-refractivity contribution in [2.75, 3.05) is 19.5 Å². The molecule has 0 heterocycles. The summed E-state index contributed by atoms with van der Waals surface area (Å²) in [4.78, 5) is 11.4. The Balaban J connectivity index is 3.15. The van der Waals surface area contributed by atoms with Crippen LogP contribution in [0.15, 0.2) is 24.3 Å². The van der Waals surface area contributed by atoms with Gasteiger partial charge in [-0.25, -0.2) is 0 Å². The number of hydrogen-bond acceptors (Lipinski definition) is 4. The van der Waals surface area contributed by atoms with Gasteiger partial charge >= 0.3 is 18.1 Å². The summed E-state index contributed by atoms with van der Waals surface area (Å²) >= 11 is 0. The summed E-state index contributed by atoms with van der Waals surface area (Å²) in [7, 11) is 2.29. The van der Waals surface area contributed by atoms with Crippen LogP contribution in [0.1, 0.15) is 6.92 Å². The lowest BCUT2D eigenvalue weighted by molar-refractivity contribution is -0.290. The van der Waals surface area contributed by atoms with E-state index in [1.54, 1.807) is 0 Å². The highest BCUT2D eigenvalue weighted by Gasteiger charge is 2.64. The van der Waals surface area contributed by atoms with Crippen molar-refractivity contribution >= 4 is 11.7 Å². The van der Waals surface area contributed by atoms with Crippen LogP contribution >= 0.6 is 0 Å². The van der Waals surface area contributed by atoms with Crippen LogP contribution in [-0.4, -0.2) is 38.3 Å². The van der Waals surface area contributed by atoms with E-state index >= 15 is 0 Å². The first kappa shape index (κ1) is 19.0. The highest BCUT2D eigenvalue weighted by atomic mass is 19.4. The SMILES string of the molecule is COC(=O)[C@@H](C)[C@H](Nc1ccc(OC)cc1)C(F)(F)C(F)(F)F. The van der Waals surface area contributed by atoms with Gasteiger partial charge < -0.3 is 14.8 Å². The quantitative estimate of drug-likeness (QED) is 0.636. The average Bonchev–Trinajstić information content (AvgIpc) is 2.50. The van der Waals surface area contributed by atoms with E-state index in [9.17, 15) is 26.7 Å². The number of carbonyl (C=O) groups excluding carboxylic acids is 1. The number of alkyl halides is 5. The van der Waals surface area contributed by atoms with Crippen LogP contribution in [0.25, 0.3) is 0 Å². The molecular weight excluding hydrogens is 325 g/mol. The Morgan fingerprint density at radius 3 is 2.00 bits per heavy atom. The van der Waals surface area contributed by atoms with E-state index < -0.39 is 30.0 Å². The number of nitrogens with one attached hydrogen (secondary N) is 1. The van der Waals surface area contributed by atoms with Crippen molar-refractivity contribution < 1.29 is 36.2 Å². The molecule has 0 amide bonds. The fourth-order valence-electron chi connectivity index (χ4n) is 1.89. The molecule has 1 rings (SSSR count). The standard InChI is InChI=1S/C14H16F5NO3/c1-8(12(21)23-3)11(13(15,16)14(17,18)19)20-9-4-6-10(22-2)7-5-9/h4-8,11,20H,1-3H3/t8-,11-/m0/s1. The molecule has 9 heteroatoms. The summed E-state index contributed by atoms with van der Waals surface area (Å²) in [6.45, 7) is 0.937. The van der Waals surface area contributed by atoms with Crippen molar-refractivity contribution in [2.45, 2.75) is 25.1 Å². The van der Waals surface area contributed by atoms with Crippen LogP contribution in [0.2, 0.25) is 0 Å².